The van der Waals surface area contributed by atoms with Crippen molar-refractivity contribution in [3.8, 4) is 0 Å². The molecule has 2 heterocycles. The van der Waals surface area contributed by atoms with Crippen LogP contribution in [0.25, 0.3) is 0 Å². The minimum absolute atomic E-state index is 0.0769. The minimum Gasteiger partial charge on any atom is -0.319 e. The zero-order valence-corrected chi connectivity index (χ0v) is 10.9. The Labute approximate surface area is 114 Å². The Kier molecular flexibility index (Phi) is 4.01. The van der Waals surface area contributed by atoms with Crippen LogP contribution < -0.4 is 10.7 Å². The molecule has 104 valence electrons. The van der Waals surface area contributed by atoms with Crippen LogP contribution in [0.4, 0.5) is 23.1 Å². The quantitative estimate of drug-likeness (QED) is 0.622. The largest absolute Gasteiger partial charge is 0.354 e. The fourth-order valence-corrected chi connectivity index (χ4v) is 1.49. The van der Waals surface area contributed by atoms with E-state index in [1.165, 1.54) is 6.33 Å². The van der Waals surface area contributed by atoms with Gasteiger partial charge < -0.3 is 5.32 Å². The van der Waals surface area contributed by atoms with Gasteiger partial charge in [0.2, 0.25) is 11.6 Å². The van der Waals surface area contributed by atoms with E-state index in [-0.39, 0.29) is 17.3 Å². The van der Waals surface area contributed by atoms with Gasteiger partial charge in [0.25, 0.3) is 0 Å². The summed E-state index contributed by atoms with van der Waals surface area (Å²) < 4.78 is 0. The van der Waals surface area contributed by atoms with Crippen LogP contribution >= 0.6 is 0 Å². The number of nitrogens with one attached hydrogen (secondary N) is 2. The number of rotatable bonds is 5. The second-order valence-corrected chi connectivity index (χ2v) is 4.02. The van der Waals surface area contributed by atoms with Gasteiger partial charge in [0.1, 0.15) is 12.1 Å². The van der Waals surface area contributed by atoms with Gasteiger partial charge in [0.15, 0.2) is 0 Å². The predicted octanol–water partition coefficient (Wildman–Crippen LogP) is 1.41. The lowest BCUT2D eigenvalue weighted by atomic mass is 10.4. The summed E-state index contributed by atoms with van der Waals surface area (Å²) in [6.07, 6.45) is 2.82. The summed E-state index contributed by atoms with van der Waals surface area (Å²) in [5.74, 6) is 0.645. The Morgan fingerprint density at radius 3 is 2.55 bits per heavy atom. The second-order valence-electron chi connectivity index (χ2n) is 4.02. The molecule has 9 heteroatoms. The summed E-state index contributed by atoms with van der Waals surface area (Å²) in [7, 11) is 3.41. The molecule has 0 radical (unpaired) electrons. The maximum atomic E-state index is 11.2. The zero-order chi connectivity index (χ0) is 14.5. The standard InChI is InChI=1S/C11H13N7O2/c1-17(2)16-11-9(18(19)20)10(13-7-14-11)15-8-5-3-4-6-12-8/h3-7H,1-2H3,(H2,12,13,14,15,16). The van der Waals surface area contributed by atoms with Crippen molar-refractivity contribution >= 4 is 23.1 Å². The molecule has 0 fully saturated rings. The molecular formula is C11H13N7O2. The van der Waals surface area contributed by atoms with Crippen LogP contribution in [0.2, 0.25) is 0 Å². The minimum atomic E-state index is -0.545. The van der Waals surface area contributed by atoms with E-state index in [1.54, 1.807) is 43.5 Å². The summed E-state index contributed by atoms with van der Waals surface area (Å²) in [6, 6.07) is 5.20. The normalized spacial score (nSPS) is 10.3. The molecule has 0 aliphatic heterocycles. The first kappa shape index (κ1) is 13.6. The summed E-state index contributed by atoms with van der Waals surface area (Å²) in [5.41, 5.74) is 2.52. The van der Waals surface area contributed by atoms with E-state index < -0.39 is 4.92 Å². The Morgan fingerprint density at radius 1 is 1.20 bits per heavy atom. The molecule has 2 aromatic heterocycles. The van der Waals surface area contributed by atoms with E-state index in [4.69, 9.17) is 0 Å². The van der Waals surface area contributed by atoms with Gasteiger partial charge in [-0.3, -0.25) is 15.5 Å². The number of hydrogen-bond donors (Lipinski definition) is 2. The third-order valence-corrected chi connectivity index (χ3v) is 2.25. The van der Waals surface area contributed by atoms with E-state index in [9.17, 15) is 10.1 Å². The number of anilines is 3. The molecule has 2 rings (SSSR count). The Bertz CT molecular complexity index is 603. The number of aromatic nitrogens is 3. The van der Waals surface area contributed by atoms with Crippen molar-refractivity contribution in [3.05, 3.63) is 40.8 Å². The number of pyridine rings is 1. The topological polar surface area (TPSA) is 109 Å². The average Bonchev–Trinajstić information content (AvgIpc) is 2.39. The van der Waals surface area contributed by atoms with Crippen molar-refractivity contribution in [2.24, 2.45) is 0 Å². The van der Waals surface area contributed by atoms with Gasteiger partial charge in [-0.05, 0) is 12.1 Å². The fraction of sp³-hybridized carbons (Fsp3) is 0.182. The highest BCUT2D eigenvalue weighted by atomic mass is 16.6. The van der Waals surface area contributed by atoms with Gasteiger partial charge in [0, 0.05) is 20.3 Å². The van der Waals surface area contributed by atoms with E-state index in [0.29, 0.717) is 5.82 Å². The monoisotopic (exact) mass is 275 g/mol. The fourth-order valence-electron chi connectivity index (χ4n) is 1.49. The maximum Gasteiger partial charge on any atom is 0.354 e. The molecule has 0 aliphatic carbocycles. The molecule has 20 heavy (non-hydrogen) atoms. The molecule has 2 aromatic rings. The lowest BCUT2D eigenvalue weighted by molar-refractivity contribution is -0.383. The Balaban J connectivity index is 2.39. The molecule has 0 saturated carbocycles. The van der Waals surface area contributed by atoms with Crippen LogP contribution in [0, 0.1) is 10.1 Å². The number of nitro groups is 1. The van der Waals surface area contributed by atoms with Crippen LogP contribution in [0.15, 0.2) is 30.7 Å². The molecular weight excluding hydrogens is 262 g/mol. The van der Waals surface area contributed by atoms with Gasteiger partial charge in [0.05, 0.1) is 4.92 Å². The van der Waals surface area contributed by atoms with Crippen molar-refractivity contribution in [2.45, 2.75) is 0 Å². The van der Waals surface area contributed by atoms with Crippen LogP contribution in [0.5, 0.6) is 0 Å². The molecule has 0 bridgehead atoms. The van der Waals surface area contributed by atoms with E-state index in [2.05, 4.69) is 25.7 Å². The highest BCUT2D eigenvalue weighted by molar-refractivity contribution is 5.72. The first-order valence-corrected chi connectivity index (χ1v) is 5.69. The average molecular weight is 275 g/mol. The third-order valence-electron chi connectivity index (χ3n) is 2.25. The van der Waals surface area contributed by atoms with E-state index in [1.807, 2.05) is 0 Å². The summed E-state index contributed by atoms with van der Waals surface area (Å²) in [4.78, 5) is 22.5. The van der Waals surface area contributed by atoms with Crippen molar-refractivity contribution < 1.29 is 4.92 Å². The SMILES string of the molecule is CN(C)Nc1ncnc(Nc2ccccn2)c1[N+](=O)[O-]. The lowest BCUT2D eigenvalue weighted by Crippen LogP contribution is -2.21. The predicted molar refractivity (Wildman–Crippen MR) is 73.5 cm³/mol. The van der Waals surface area contributed by atoms with Gasteiger partial charge in [-0.1, -0.05) is 6.07 Å². The molecule has 0 amide bonds. The van der Waals surface area contributed by atoms with Crippen molar-refractivity contribution in [3.63, 3.8) is 0 Å². The second kappa shape index (κ2) is 5.89. The molecule has 0 saturated heterocycles. The molecule has 9 nitrogen and oxygen atoms in total. The number of hydrogen-bond acceptors (Lipinski definition) is 8. The first-order valence-electron chi connectivity index (χ1n) is 5.69. The first-order chi connectivity index (χ1) is 9.58. The highest BCUT2D eigenvalue weighted by Crippen LogP contribution is 2.30. The van der Waals surface area contributed by atoms with E-state index in [0.717, 1.165) is 0 Å². The molecule has 0 aliphatic rings. The highest BCUT2D eigenvalue weighted by Gasteiger charge is 2.23. The van der Waals surface area contributed by atoms with Gasteiger partial charge in [-0.15, -0.1) is 0 Å². The van der Waals surface area contributed by atoms with Gasteiger partial charge in [-0.25, -0.2) is 20.0 Å². The molecule has 0 spiro atoms. The molecule has 0 aromatic carbocycles. The summed E-state index contributed by atoms with van der Waals surface area (Å²) >= 11 is 0. The summed E-state index contributed by atoms with van der Waals surface area (Å²) in [6.45, 7) is 0. The zero-order valence-electron chi connectivity index (χ0n) is 10.9. The van der Waals surface area contributed by atoms with Crippen molar-refractivity contribution in [2.75, 3.05) is 24.8 Å². The van der Waals surface area contributed by atoms with Crippen LogP contribution in [0.1, 0.15) is 0 Å². The molecule has 0 unspecified atom stereocenters. The lowest BCUT2D eigenvalue weighted by Gasteiger charge is -2.13. The van der Waals surface area contributed by atoms with Crippen LogP contribution in [-0.4, -0.2) is 39.0 Å². The van der Waals surface area contributed by atoms with E-state index >= 15 is 0 Å². The smallest absolute Gasteiger partial charge is 0.319 e. The number of nitrogens with zero attached hydrogens (tertiary/aromatic N) is 5. The maximum absolute atomic E-state index is 11.2. The van der Waals surface area contributed by atoms with Crippen molar-refractivity contribution in [1.29, 1.82) is 0 Å². The molecule has 0 atom stereocenters. The van der Waals surface area contributed by atoms with Gasteiger partial charge in [-0.2, -0.15) is 0 Å². The van der Waals surface area contributed by atoms with Crippen LogP contribution in [-0.2, 0) is 0 Å². The molecule has 2 N–H and O–H groups in total. The third kappa shape index (κ3) is 3.14. The summed E-state index contributed by atoms with van der Waals surface area (Å²) in [5, 5.41) is 15.6. The number of hydrazine groups is 1. The van der Waals surface area contributed by atoms with Crippen LogP contribution in [0.3, 0.4) is 0 Å². The Hall–Kier alpha value is -2.81. The van der Waals surface area contributed by atoms with Gasteiger partial charge >= 0.3 is 5.69 Å². The Morgan fingerprint density at radius 2 is 1.95 bits per heavy atom. The van der Waals surface area contributed by atoms with Crippen molar-refractivity contribution in [1.82, 2.24) is 20.0 Å².